The molecule has 1 aromatic heterocycles. The molecule has 1 N–H and O–H groups in total. The number of hydrogen-bond donors (Lipinski definition) is 1. The molecule has 116 valence electrons. The van der Waals surface area contributed by atoms with Gasteiger partial charge in [-0.25, -0.2) is 0 Å². The van der Waals surface area contributed by atoms with Gasteiger partial charge in [0.15, 0.2) is 0 Å². The monoisotopic (exact) mass is 286 g/mol. The van der Waals surface area contributed by atoms with Crippen LogP contribution in [0.2, 0.25) is 0 Å². The van der Waals surface area contributed by atoms with Crippen molar-refractivity contribution >= 4 is 10.9 Å². The maximum absolute atomic E-state index is 4.64. The molecule has 21 heavy (non-hydrogen) atoms. The van der Waals surface area contributed by atoms with Crippen LogP contribution in [0.25, 0.3) is 10.9 Å². The fourth-order valence-electron chi connectivity index (χ4n) is 3.16. The number of unbranched alkanes of at least 4 members (excludes halogenated alkanes) is 5. The highest BCUT2D eigenvalue weighted by Gasteiger charge is 2.16. The number of nitrogens with one attached hydrogen (secondary N) is 1. The molecule has 2 nitrogen and oxygen atoms in total. The van der Waals surface area contributed by atoms with E-state index in [0.717, 1.165) is 0 Å². The fraction of sp³-hybridized carbons (Fsp3) is 0.632. The number of nitrogens with zero attached hydrogens (tertiary/aromatic N) is 1. The molecule has 0 saturated carbocycles. The first-order valence-corrected chi connectivity index (χ1v) is 8.79. The minimum Gasteiger partial charge on any atom is -0.278 e. The highest BCUT2D eigenvalue weighted by atomic mass is 15.1. The molecule has 1 unspecified atom stereocenters. The van der Waals surface area contributed by atoms with Crippen molar-refractivity contribution in [2.45, 2.75) is 77.6 Å². The second kappa shape index (κ2) is 8.86. The van der Waals surface area contributed by atoms with Gasteiger partial charge in [0.1, 0.15) is 0 Å². The largest absolute Gasteiger partial charge is 0.278 e. The fourth-order valence-corrected chi connectivity index (χ4v) is 3.16. The van der Waals surface area contributed by atoms with Gasteiger partial charge in [0.25, 0.3) is 0 Å². The molecule has 2 aromatic rings. The SMILES string of the molecule is CCCCCCCC(CCCC)c1n[nH]c2ccccc12. The van der Waals surface area contributed by atoms with Crippen molar-refractivity contribution in [2.24, 2.45) is 0 Å². The van der Waals surface area contributed by atoms with Gasteiger partial charge in [0.05, 0.1) is 11.2 Å². The van der Waals surface area contributed by atoms with Crippen molar-refractivity contribution in [3.8, 4) is 0 Å². The Morgan fingerprint density at radius 2 is 1.62 bits per heavy atom. The number of aromatic amines is 1. The standard InChI is InChI=1S/C19H30N2/c1-3-5-7-8-9-13-16(12-6-4-2)19-17-14-10-11-15-18(17)20-21-19/h10-11,14-16H,3-9,12-13H2,1-2H3,(H,20,21). The summed E-state index contributed by atoms with van der Waals surface area (Å²) in [5.74, 6) is 0.628. The maximum atomic E-state index is 4.64. The second-order valence-corrected chi connectivity index (χ2v) is 6.20. The number of hydrogen-bond acceptors (Lipinski definition) is 1. The van der Waals surface area contributed by atoms with E-state index in [1.54, 1.807) is 0 Å². The van der Waals surface area contributed by atoms with Gasteiger partial charge in [0, 0.05) is 11.3 Å². The predicted molar refractivity (Wildman–Crippen MR) is 91.7 cm³/mol. The average molecular weight is 286 g/mol. The summed E-state index contributed by atoms with van der Waals surface area (Å²) in [5.41, 5.74) is 2.48. The van der Waals surface area contributed by atoms with E-state index >= 15 is 0 Å². The van der Waals surface area contributed by atoms with Gasteiger partial charge in [-0.2, -0.15) is 5.10 Å². The van der Waals surface area contributed by atoms with Crippen molar-refractivity contribution in [1.82, 2.24) is 10.2 Å². The molecule has 0 spiro atoms. The van der Waals surface area contributed by atoms with Crippen molar-refractivity contribution in [1.29, 1.82) is 0 Å². The van der Waals surface area contributed by atoms with Gasteiger partial charge in [0.2, 0.25) is 0 Å². The maximum Gasteiger partial charge on any atom is 0.0731 e. The Hall–Kier alpha value is -1.31. The highest BCUT2D eigenvalue weighted by Crippen LogP contribution is 2.31. The summed E-state index contributed by atoms with van der Waals surface area (Å²) in [4.78, 5) is 0. The third-order valence-corrected chi connectivity index (χ3v) is 4.45. The molecule has 1 aromatic carbocycles. The van der Waals surface area contributed by atoms with E-state index in [0.29, 0.717) is 5.92 Å². The number of benzene rings is 1. The van der Waals surface area contributed by atoms with E-state index in [-0.39, 0.29) is 0 Å². The Kier molecular flexibility index (Phi) is 6.78. The van der Waals surface area contributed by atoms with E-state index in [2.05, 4.69) is 48.3 Å². The minimum atomic E-state index is 0.628. The number of para-hydroxylation sites is 1. The molecule has 0 aliphatic carbocycles. The zero-order valence-corrected chi connectivity index (χ0v) is 13.7. The van der Waals surface area contributed by atoms with Crippen LogP contribution in [0.3, 0.4) is 0 Å². The summed E-state index contributed by atoms with van der Waals surface area (Å²) >= 11 is 0. The lowest BCUT2D eigenvalue weighted by Gasteiger charge is -2.15. The first-order chi connectivity index (χ1) is 10.4. The van der Waals surface area contributed by atoms with Crippen LogP contribution in [-0.4, -0.2) is 10.2 Å². The third-order valence-electron chi connectivity index (χ3n) is 4.45. The average Bonchev–Trinajstić information content (AvgIpc) is 2.94. The topological polar surface area (TPSA) is 28.7 Å². The lowest BCUT2D eigenvalue weighted by Crippen LogP contribution is -2.01. The summed E-state index contributed by atoms with van der Waals surface area (Å²) in [5, 5.41) is 9.17. The summed E-state index contributed by atoms with van der Waals surface area (Å²) in [7, 11) is 0. The highest BCUT2D eigenvalue weighted by molar-refractivity contribution is 5.81. The summed E-state index contributed by atoms with van der Waals surface area (Å²) in [6.45, 7) is 4.56. The molecule has 0 saturated heterocycles. The lowest BCUT2D eigenvalue weighted by molar-refractivity contribution is 0.498. The number of rotatable bonds is 10. The molecule has 1 atom stereocenters. The van der Waals surface area contributed by atoms with E-state index < -0.39 is 0 Å². The molecule has 0 radical (unpaired) electrons. The molecule has 2 rings (SSSR count). The van der Waals surface area contributed by atoms with Gasteiger partial charge >= 0.3 is 0 Å². The van der Waals surface area contributed by atoms with E-state index in [1.807, 2.05) is 0 Å². The Bertz CT molecular complexity index is 515. The Balaban J connectivity index is 2.01. The van der Waals surface area contributed by atoms with Crippen LogP contribution in [-0.2, 0) is 0 Å². The van der Waals surface area contributed by atoms with Crippen molar-refractivity contribution in [3.63, 3.8) is 0 Å². The molecule has 0 bridgehead atoms. The zero-order valence-electron chi connectivity index (χ0n) is 13.7. The number of H-pyrrole nitrogens is 1. The summed E-state index contributed by atoms with van der Waals surface area (Å²) < 4.78 is 0. The van der Waals surface area contributed by atoms with Crippen LogP contribution in [0.5, 0.6) is 0 Å². The normalized spacial score (nSPS) is 12.9. The first-order valence-electron chi connectivity index (χ1n) is 8.79. The van der Waals surface area contributed by atoms with Crippen LogP contribution in [0.15, 0.2) is 24.3 Å². The molecule has 0 aliphatic heterocycles. The van der Waals surface area contributed by atoms with Crippen LogP contribution >= 0.6 is 0 Å². The minimum absolute atomic E-state index is 0.628. The van der Waals surface area contributed by atoms with E-state index in [4.69, 9.17) is 0 Å². The van der Waals surface area contributed by atoms with Crippen molar-refractivity contribution in [3.05, 3.63) is 30.0 Å². The predicted octanol–water partition coefficient (Wildman–Crippen LogP) is 6.20. The number of fused-ring (bicyclic) bond motifs is 1. The van der Waals surface area contributed by atoms with Gasteiger partial charge < -0.3 is 0 Å². The molecule has 1 heterocycles. The second-order valence-electron chi connectivity index (χ2n) is 6.20. The summed E-state index contributed by atoms with van der Waals surface area (Å²) in [6.07, 6.45) is 12.0. The summed E-state index contributed by atoms with van der Waals surface area (Å²) in [6, 6.07) is 8.55. The molecule has 0 amide bonds. The van der Waals surface area contributed by atoms with Crippen LogP contribution in [0.1, 0.15) is 83.2 Å². The van der Waals surface area contributed by atoms with Gasteiger partial charge in [-0.3, -0.25) is 5.10 Å². The lowest BCUT2D eigenvalue weighted by atomic mass is 9.90. The van der Waals surface area contributed by atoms with Crippen LogP contribution < -0.4 is 0 Å². The smallest absolute Gasteiger partial charge is 0.0731 e. The zero-order chi connectivity index (χ0) is 14.9. The molecular weight excluding hydrogens is 256 g/mol. The number of aromatic nitrogens is 2. The van der Waals surface area contributed by atoms with Crippen LogP contribution in [0.4, 0.5) is 0 Å². The van der Waals surface area contributed by atoms with E-state index in [9.17, 15) is 0 Å². The Labute approximate surface area is 129 Å². The van der Waals surface area contributed by atoms with Gasteiger partial charge in [-0.1, -0.05) is 77.0 Å². The Morgan fingerprint density at radius 1 is 0.905 bits per heavy atom. The first kappa shape index (κ1) is 16.1. The molecule has 2 heteroatoms. The Morgan fingerprint density at radius 3 is 2.43 bits per heavy atom. The van der Waals surface area contributed by atoms with Crippen molar-refractivity contribution in [2.75, 3.05) is 0 Å². The van der Waals surface area contributed by atoms with E-state index in [1.165, 1.54) is 74.4 Å². The molecular formula is C19H30N2. The van der Waals surface area contributed by atoms with Gasteiger partial charge in [-0.15, -0.1) is 0 Å². The molecule has 0 fully saturated rings. The van der Waals surface area contributed by atoms with Crippen LogP contribution in [0, 0.1) is 0 Å². The quantitative estimate of drug-likeness (QED) is 0.518. The van der Waals surface area contributed by atoms with Crippen molar-refractivity contribution < 1.29 is 0 Å². The van der Waals surface area contributed by atoms with Gasteiger partial charge in [-0.05, 0) is 18.9 Å². The third kappa shape index (κ3) is 4.59. The molecule has 0 aliphatic rings.